The molecule has 2 N–H and O–H groups in total. The van der Waals surface area contributed by atoms with Crippen LogP contribution in [0.25, 0.3) is 10.1 Å². The van der Waals surface area contributed by atoms with Crippen LogP contribution >= 0.6 is 11.3 Å². The molecule has 0 saturated heterocycles. The lowest BCUT2D eigenvalue weighted by Crippen LogP contribution is -2.39. The smallest absolute Gasteiger partial charge is 0.422 e. The van der Waals surface area contributed by atoms with E-state index >= 15 is 0 Å². The van der Waals surface area contributed by atoms with Crippen LogP contribution in [0.4, 0.5) is 9.80 Å². The van der Waals surface area contributed by atoms with Gasteiger partial charge in [-0.05, 0) is 38.3 Å². The summed E-state index contributed by atoms with van der Waals surface area (Å²) < 4.78 is 33.7. The Bertz CT molecular complexity index is 727. The van der Waals surface area contributed by atoms with Gasteiger partial charge in [0.2, 0.25) is 0 Å². The van der Waals surface area contributed by atoms with Crippen LogP contribution in [0, 0.1) is 0 Å². The summed E-state index contributed by atoms with van der Waals surface area (Å²) in [6, 6.07) is 9.21. The van der Waals surface area contributed by atoms with E-state index in [0.29, 0.717) is 5.00 Å². The van der Waals surface area contributed by atoms with E-state index in [4.69, 9.17) is 4.74 Å². The van der Waals surface area contributed by atoms with Gasteiger partial charge in [0.1, 0.15) is 10.6 Å². The SMILES string of the molecule is CC(C)(C)OC(=O)NS(=O)(=O)Nc1cc2ccccc2s1. The zero-order chi connectivity index (χ0) is 15.7. The number of ether oxygens (including phenoxy) is 1. The summed E-state index contributed by atoms with van der Waals surface area (Å²) in [5, 5.41) is 1.35. The summed E-state index contributed by atoms with van der Waals surface area (Å²) in [7, 11) is -4.02. The minimum atomic E-state index is -4.02. The molecular weight excluding hydrogens is 312 g/mol. The van der Waals surface area contributed by atoms with Crippen molar-refractivity contribution < 1.29 is 17.9 Å². The molecule has 0 bridgehead atoms. The van der Waals surface area contributed by atoms with Gasteiger partial charge in [0.05, 0.1) is 0 Å². The highest BCUT2D eigenvalue weighted by Gasteiger charge is 2.21. The summed E-state index contributed by atoms with van der Waals surface area (Å²) in [4.78, 5) is 11.5. The maximum absolute atomic E-state index is 11.9. The number of carbonyl (C=O) groups excluding carboxylic acids is 1. The first-order valence-corrected chi connectivity index (χ1v) is 8.47. The molecule has 0 aliphatic rings. The average Bonchev–Trinajstić information content (AvgIpc) is 2.65. The van der Waals surface area contributed by atoms with Crippen LogP contribution in [0.5, 0.6) is 0 Å². The number of fused-ring (bicyclic) bond motifs is 1. The fourth-order valence-electron chi connectivity index (χ4n) is 1.60. The molecule has 1 aromatic heterocycles. The van der Waals surface area contributed by atoms with Crippen molar-refractivity contribution in [2.45, 2.75) is 26.4 Å². The highest BCUT2D eigenvalue weighted by molar-refractivity contribution is 7.91. The Balaban J connectivity index is 2.08. The molecule has 8 heteroatoms. The monoisotopic (exact) mass is 328 g/mol. The molecule has 0 saturated carbocycles. The summed E-state index contributed by atoms with van der Waals surface area (Å²) >= 11 is 1.28. The predicted octanol–water partition coefficient (Wildman–Crippen LogP) is 3.08. The third-order valence-electron chi connectivity index (χ3n) is 2.28. The van der Waals surface area contributed by atoms with E-state index in [1.807, 2.05) is 29.0 Å². The fraction of sp³-hybridized carbons (Fsp3) is 0.308. The van der Waals surface area contributed by atoms with E-state index in [2.05, 4.69) is 4.72 Å². The molecule has 0 aliphatic carbocycles. The topological polar surface area (TPSA) is 84.5 Å². The van der Waals surface area contributed by atoms with Crippen molar-refractivity contribution in [3.8, 4) is 0 Å². The first-order valence-electron chi connectivity index (χ1n) is 6.17. The number of hydrogen-bond donors (Lipinski definition) is 2. The van der Waals surface area contributed by atoms with Gasteiger partial charge in [-0.1, -0.05) is 18.2 Å². The lowest BCUT2D eigenvalue weighted by molar-refractivity contribution is 0.0570. The third kappa shape index (κ3) is 4.61. The Hall–Kier alpha value is -1.80. The zero-order valence-corrected chi connectivity index (χ0v) is 13.5. The molecular formula is C13H16N2O4S2. The molecule has 6 nitrogen and oxygen atoms in total. The summed E-state index contributed by atoms with van der Waals surface area (Å²) in [5.74, 6) is 0. The molecule has 1 aromatic carbocycles. The van der Waals surface area contributed by atoms with Crippen LogP contribution in [-0.2, 0) is 14.9 Å². The van der Waals surface area contributed by atoms with Crippen molar-refractivity contribution in [1.82, 2.24) is 4.72 Å². The maximum Gasteiger partial charge on any atom is 0.422 e. The van der Waals surface area contributed by atoms with Crippen LogP contribution in [0.15, 0.2) is 30.3 Å². The van der Waals surface area contributed by atoms with Gasteiger partial charge in [0.15, 0.2) is 0 Å². The summed E-state index contributed by atoms with van der Waals surface area (Å²) in [6.45, 7) is 4.95. The van der Waals surface area contributed by atoms with Crippen molar-refractivity contribution in [1.29, 1.82) is 0 Å². The number of rotatable bonds is 3. The molecule has 0 atom stereocenters. The number of anilines is 1. The van der Waals surface area contributed by atoms with Crippen LogP contribution in [0.3, 0.4) is 0 Å². The molecule has 0 fully saturated rings. The minimum absolute atomic E-state index is 0.423. The fourth-order valence-corrected chi connectivity index (χ4v) is 3.54. The lowest BCUT2D eigenvalue weighted by Gasteiger charge is -2.19. The van der Waals surface area contributed by atoms with E-state index in [-0.39, 0.29) is 0 Å². The highest BCUT2D eigenvalue weighted by Crippen LogP contribution is 2.29. The van der Waals surface area contributed by atoms with E-state index in [0.717, 1.165) is 10.1 Å². The molecule has 2 aromatic rings. The Morgan fingerprint density at radius 3 is 2.52 bits per heavy atom. The number of hydrogen-bond acceptors (Lipinski definition) is 5. The molecule has 1 amide bonds. The summed E-state index contributed by atoms with van der Waals surface area (Å²) in [5.41, 5.74) is -0.767. The normalized spacial score (nSPS) is 12.1. The van der Waals surface area contributed by atoms with Gasteiger partial charge < -0.3 is 4.74 Å². The Kier molecular flexibility index (Phi) is 4.11. The Labute approximate surface area is 127 Å². The Morgan fingerprint density at radius 2 is 1.90 bits per heavy atom. The number of amides is 1. The Morgan fingerprint density at radius 1 is 1.24 bits per heavy atom. The van der Waals surface area contributed by atoms with Crippen molar-refractivity contribution in [3.05, 3.63) is 30.3 Å². The van der Waals surface area contributed by atoms with Crippen LogP contribution in [-0.4, -0.2) is 20.1 Å². The van der Waals surface area contributed by atoms with Gasteiger partial charge in [-0.15, -0.1) is 11.3 Å². The second-order valence-corrected chi connectivity index (χ2v) is 7.86. The van der Waals surface area contributed by atoms with Crippen molar-refractivity contribution >= 4 is 42.7 Å². The predicted molar refractivity (Wildman–Crippen MR) is 83.7 cm³/mol. The number of thiophene rings is 1. The van der Waals surface area contributed by atoms with E-state index < -0.39 is 21.9 Å². The van der Waals surface area contributed by atoms with Gasteiger partial charge in [0, 0.05) is 4.70 Å². The maximum atomic E-state index is 11.9. The number of carbonyl (C=O) groups is 1. The van der Waals surface area contributed by atoms with Gasteiger partial charge in [-0.3, -0.25) is 4.72 Å². The first-order chi connectivity index (χ1) is 9.65. The standard InChI is InChI=1S/C13H16N2O4S2/c1-13(2,3)19-12(16)15-21(17,18)14-11-8-9-6-4-5-7-10(9)20-11/h4-8,14H,1-3H3,(H,15,16). The molecule has 114 valence electrons. The average molecular weight is 328 g/mol. The van der Waals surface area contributed by atoms with E-state index in [1.165, 1.54) is 11.3 Å². The number of benzene rings is 1. The molecule has 2 rings (SSSR count). The first kappa shape index (κ1) is 15.6. The molecule has 0 aliphatic heterocycles. The largest absolute Gasteiger partial charge is 0.443 e. The van der Waals surface area contributed by atoms with Crippen LogP contribution in [0.2, 0.25) is 0 Å². The van der Waals surface area contributed by atoms with Crippen LogP contribution < -0.4 is 9.44 Å². The molecule has 0 spiro atoms. The van der Waals surface area contributed by atoms with Crippen molar-refractivity contribution in [2.75, 3.05) is 4.72 Å². The van der Waals surface area contributed by atoms with E-state index in [1.54, 1.807) is 26.8 Å². The molecule has 0 radical (unpaired) electrons. The van der Waals surface area contributed by atoms with Crippen LogP contribution in [0.1, 0.15) is 20.8 Å². The number of nitrogens with one attached hydrogen (secondary N) is 2. The minimum Gasteiger partial charge on any atom is -0.443 e. The van der Waals surface area contributed by atoms with Crippen molar-refractivity contribution in [3.63, 3.8) is 0 Å². The second kappa shape index (κ2) is 5.53. The second-order valence-electron chi connectivity index (χ2n) is 5.36. The van der Waals surface area contributed by atoms with Gasteiger partial charge >= 0.3 is 16.3 Å². The van der Waals surface area contributed by atoms with Gasteiger partial charge in [-0.2, -0.15) is 8.42 Å². The lowest BCUT2D eigenvalue weighted by atomic mass is 10.2. The van der Waals surface area contributed by atoms with Gasteiger partial charge in [0.25, 0.3) is 0 Å². The van der Waals surface area contributed by atoms with Crippen molar-refractivity contribution in [2.24, 2.45) is 0 Å². The molecule has 21 heavy (non-hydrogen) atoms. The molecule has 0 unspecified atom stereocenters. The molecule has 1 heterocycles. The van der Waals surface area contributed by atoms with E-state index in [9.17, 15) is 13.2 Å². The highest BCUT2D eigenvalue weighted by atomic mass is 32.2. The zero-order valence-electron chi connectivity index (χ0n) is 11.8. The quantitative estimate of drug-likeness (QED) is 0.907. The third-order valence-corrected chi connectivity index (χ3v) is 4.36. The van der Waals surface area contributed by atoms with Gasteiger partial charge in [-0.25, -0.2) is 9.52 Å². The summed E-state index contributed by atoms with van der Waals surface area (Å²) in [6.07, 6.45) is -1.02.